The van der Waals surface area contributed by atoms with Crippen molar-refractivity contribution in [1.29, 1.82) is 0 Å². The van der Waals surface area contributed by atoms with Crippen LogP contribution in [0.3, 0.4) is 0 Å². The van der Waals surface area contributed by atoms with Crippen LogP contribution < -0.4 is 15.5 Å². The molecule has 31 heavy (non-hydrogen) atoms. The molecule has 1 saturated heterocycles. The Morgan fingerprint density at radius 2 is 2.00 bits per heavy atom. The first-order valence-electron chi connectivity index (χ1n) is 10.5. The van der Waals surface area contributed by atoms with E-state index in [9.17, 15) is 0 Å². The molecule has 1 aliphatic rings. The molecule has 1 fully saturated rings. The van der Waals surface area contributed by atoms with E-state index in [4.69, 9.17) is 33.2 Å². The Morgan fingerprint density at radius 1 is 1.19 bits per heavy atom. The number of aromatic nitrogens is 2. The van der Waals surface area contributed by atoms with Crippen LogP contribution in [0.4, 0.5) is 11.8 Å². The van der Waals surface area contributed by atoms with Gasteiger partial charge in [-0.2, -0.15) is 4.98 Å². The molecule has 2 aromatic heterocycles. The lowest BCUT2D eigenvalue weighted by atomic mass is 10.0. The van der Waals surface area contributed by atoms with Gasteiger partial charge in [-0.15, -0.1) is 0 Å². The number of hydrogen-bond acceptors (Lipinski definition) is 5. The number of hydrogen-bond donors (Lipinski definition) is 2. The van der Waals surface area contributed by atoms with Crippen molar-refractivity contribution in [3.8, 4) is 11.3 Å². The monoisotopic (exact) mass is 455 g/mol. The summed E-state index contributed by atoms with van der Waals surface area (Å²) in [5, 5.41) is 7.42. The van der Waals surface area contributed by atoms with Gasteiger partial charge in [-0.25, -0.2) is 4.98 Å². The molecule has 1 aliphatic heterocycles. The highest BCUT2D eigenvalue weighted by Gasteiger charge is 2.20. The van der Waals surface area contributed by atoms with Gasteiger partial charge in [-0.1, -0.05) is 11.6 Å². The Hall–Kier alpha value is -2.64. The molecule has 162 valence electrons. The van der Waals surface area contributed by atoms with E-state index in [0.29, 0.717) is 28.7 Å². The predicted molar refractivity (Wildman–Crippen MR) is 130 cm³/mol. The number of anilines is 2. The Kier molecular flexibility index (Phi) is 6.73. The molecule has 0 radical (unpaired) electrons. The number of aryl methyl sites for hydroxylation is 1. The molecule has 0 spiro atoms. The maximum atomic E-state index is 5.95. The average Bonchev–Trinajstić information content (AvgIpc) is 3.22. The summed E-state index contributed by atoms with van der Waals surface area (Å²) in [7, 11) is 0. The minimum Gasteiger partial charge on any atom is -0.459 e. The zero-order valence-corrected chi connectivity index (χ0v) is 19.3. The summed E-state index contributed by atoms with van der Waals surface area (Å²) in [4.78, 5) is 11.5. The number of nitrogens with one attached hydrogen (secondary N) is 2. The van der Waals surface area contributed by atoms with E-state index in [1.807, 2.05) is 49.4 Å². The lowest BCUT2D eigenvalue weighted by Gasteiger charge is -2.34. The van der Waals surface area contributed by atoms with Crippen molar-refractivity contribution in [2.75, 3.05) is 16.8 Å². The summed E-state index contributed by atoms with van der Waals surface area (Å²) in [5.41, 5.74) is 1.88. The van der Waals surface area contributed by atoms with Gasteiger partial charge in [0.05, 0.1) is 6.54 Å². The summed E-state index contributed by atoms with van der Waals surface area (Å²) in [6.07, 6.45) is 3.65. The first kappa shape index (κ1) is 21.6. The first-order chi connectivity index (χ1) is 15.0. The first-order valence-corrected chi connectivity index (χ1v) is 11.3. The van der Waals surface area contributed by atoms with Crippen molar-refractivity contribution < 1.29 is 4.42 Å². The maximum absolute atomic E-state index is 5.95. The Labute approximate surface area is 193 Å². The summed E-state index contributed by atoms with van der Waals surface area (Å²) in [6, 6.07) is 13.9. The molecule has 1 atom stereocenters. The Balaban J connectivity index is 1.36. The summed E-state index contributed by atoms with van der Waals surface area (Å²) < 4.78 is 5.91. The van der Waals surface area contributed by atoms with Crippen LogP contribution in [0.5, 0.6) is 0 Å². The molecule has 6 nitrogen and oxygen atoms in total. The summed E-state index contributed by atoms with van der Waals surface area (Å²) in [5.74, 6) is 3.02. The second-order valence-corrected chi connectivity index (χ2v) is 8.65. The van der Waals surface area contributed by atoms with E-state index in [0.717, 1.165) is 35.1 Å². The van der Waals surface area contributed by atoms with Gasteiger partial charge in [-0.05, 0) is 81.7 Å². The number of furan rings is 1. The molecule has 8 heteroatoms. The topological polar surface area (TPSA) is 66.2 Å². The summed E-state index contributed by atoms with van der Waals surface area (Å²) in [6.45, 7) is 5.70. The van der Waals surface area contributed by atoms with Crippen LogP contribution in [0.2, 0.25) is 5.02 Å². The standard InChI is InChI=1S/C23H26ClN5OS/c1-15-13-21(29-12-4-3-5-16(29)2)27-22(26-15)28-23(31)25-14-19-10-11-20(30-19)17-6-8-18(24)9-7-17/h6-11,13,16H,3-5,12,14H2,1-2H3,(H2,25,26,27,28,31). The second kappa shape index (κ2) is 9.66. The number of thiocarbonyl (C=S) groups is 1. The predicted octanol–water partition coefficient (Wildman–Crippen LogP) is 5.56. The zero-order chi connectivity index (χ0) is 21.8. The molecule has 0 aliphatic carbocycles. The lowest BCUT2D eigenvalue weighted by Crippen LogP contribution is -2.38. The van der Waals surface area contributed by atoms with Crippen LogP contribution >= 0.6 is 23.8 Å². The average molecular weight is 456 g/mol. The van der Waals surface area contributed by atoms with Crippen LogP contribution in [0.25, 0.3) is 11.3 Å². The fourth-order valence-corrected chi connectivity index (χ4v) is 4.04. The van der Waals surface area contributed by atoms with Crippen molar-refractivity contribution >= 4 is 40.7 Å². The van der Waals surface area contributed by atoms with Crippen molar-refractivity contribution in [2.45, 2.75) is 45.7 Å². The van der Waals surface area contributed by atoms with Crippen molar-refractivity contribution in [1.82, 2.24) is 15.3 Å². The SMILES string of the molecule is Cc1cc(N2CCCCC2C)nc(NC(=S)NCc2ccc(-c3ccc(Cl)cc3)o2)n1. The van der Waals surface area contributed by atoms with Crippen molar-refractivity contribution in [2.24, 2.45) is 0 Å². The number of piperidine rings is 1. The molecule has 0 bridgehead atoms. The molecule has 1 unspecified atom stereocenters. The third kappa shape index (κ3) is 5.54. The van der Waals surface area contributed by atoms with Gasteiger partial charge in [0.2, 0.25) is 5.95 Å². The molecule has 3 aromatic rings. The van der Waals surface area contributed by atoms with Gasteiger partial charge in [-0.3, -0.25) is 0 Å². The number of benzene rings is 1. The third-order valence-electron chi connectivity index (χ3n) is 5.38. The third-order valence-corrected chi connectivity index (χ3v) is 5.88. The minimum absolute atomic E-state index is 0.452. The van der Waals surface area contributed by atoms with E-state index in [1.54, 1.807) is 0 Å². The smallest absolute Gasteiger partial charge is 0.231 e. The van der Waals surface area contributed by atoms with Gasteiger partial charge in [0.25, 0.3) is 0 Å². The molecule has 0 amide bonds. The van der Waals surface area contributed by atoms with Crippen LogP contribution in [-0.4, -0.2) is 27.7 Å². The van der Waals surface area contributed by atoms with E-state index in [1.165, 1.54) is 19.3 Å². The van der Waals surface area contributed by atoms with E-state index in [-0.39, 0.29) is 0 Å². The van der Waals surface area contributed by atoms with E-state index < -0.39 is 0 Å². The Bertz CT molecular complexity index is 1050. The molecular weight excluding hydrogens is 430 g/mol. The molecule has 0 saturated carbocycles. The lowest BCUT2D eigenvalue weighted by molar-refractivity contribution is 0.481. The highest BCUT2D eigenvalue weighted by atomic mass is 35.5. The van der Waals surface area contributed by atoms with Crippen molar-refractivity contribution in [3.05, 3.63) is 58.9 Å². The van der Waals surface area contributed by atoms with Crippen LogP contribution in [0, 0.1) is 6.92 Å². The van der Waals surface area contributed by atoms with Gasteiger partial charge < -0.3 is 20.0 Å². The fourth-order valence-electron chi connectivity index (χ4n) is 3.75. The van der Waals surface area contributed by atoms with Crippen LogP contribution in [-0.2, 0) is 6.54 Å². The second-order valence-electron chi connectivity index (χ2n) is 7.81. The number of halogens is 1. The highest BCUT2D eigenvalue weighted by Crippen LogP contribution is 2.25. The van der Waals surface area contributed by atoms with E-state index >= 15 is 0 Å². The van der Waals surface area contributed by atoms with Gasteiger partial charge in [0.1, 0.15) is 17.3 Å². The maximum Gasteiger partial charge on any atom is 0.231 e. The number of nitrogens with zero attached hydrogens (tertiary/aromatic N) is 3. The molecule has 4 rings (SSSR count). The normalized spacial score (nSPS) is 16.2. The fraction of sp³-hybridized carbons (Fsp3) is 0.348. The highest BCUT2D eigenvalue weighted by molar-refractivity contribution is 7.80. The summed E-state index contributed by atoms with van der Waals surface area (Å²) >= 11 is 11.4. The van der Waals surface area contributed by atoms with E-state index in [2.05, 4.69) is 27.4 Å². The van der Waals surface area contributed by atoms with Gasteiger partial charge in [0.15, 0.2) is 5.11 Å². The molecule has 1 aromatic carbocycles. The molecular formula is C23H26ClN5OS. The number of rotatable bonds is 5. The zero-order valence-electron chi connectivity index (χ0n) is 17.7. The van der Waals surface area contributed by atoms with Crippen molar-refractivity contribution in [3.63, 3.8) is 0 Å². The van der Waals surface area contributed by atoms with Gasteiger partial charge in [0, 0.05) is 34.9 Å². The Morgan fingerprint density at radius 3 is 2.77 bits per heavy atom. The minimum atomic E-state index is 0.452. The molecule has 2 N–H and O–H groups in total. The quantitative estimate of drug-likeness (QED) is 0.488. The van der Waals surface area contributed by atoms with Crippen LogP contribution in [0.1, 0.15) is 37.6 Å². The van der Waals surface area contributed by atoms with Crippen LogP contribution in [0.15, 0.2) is 46.9 Å². The largest absolute Gasteiger partial charge is 0.459 e. The van der Waals surface area contributed by atoms with Gasteiger partial charge >= 0.3 is 0 Å². The molecule has 3 heterocycles.